The maximum Gasteiger partial charge on any atom is 0.195 e. The molecule has 1 aliphatic rings. The standard InChI is InChI=1S/C23H14F2N2O2/c1-29-13-7-8-14-16(11-13)22(28)20-15-4-2-3-5-18(15)26-23(21(14)20)27-19-9-6-12(24)10-17(19)25/h2-11H,1H3,(H,26,27). The van der Waals surface area contributed by atoms with Gasteiger partial charge in [0.15, 0.2) is 5.78 Å². The molecule has 29 heavy (non-hydrogen) atoms. The van der Waals surface area contributed by atoms with Gasteiger partial charge in [-0.25, -0.2) is 13.8 Å². The lowest BCUT2D eigenvalue weighted by Crippen LogP contribution is -2.02. The van der Waals surface area contributed by atoms with E-state index in [2.05, 4.69) is 10.3 Å². The van der Waals surface area contributed by atoms with E-state index in [0.29, 0.717) is 44.7 Å². The quantitative estimate of drug-likeness (QED) is 0.445. The topological polar surface area (TPSA) is 51.2 Å². The molecule has 0 atom stereocenters. The van der Waals surface area contributed by atoms with Gasteiger partial charge in [0.1, 0.15) is 23.2 Å². The summed E-state index contributed by atoms with van der Waals surface area (Å²) in [4.78, 5) is 17.9. The van der Waals surface area contributed by atoms with E-state index in [0.717, 1.165) is 12.1 Å². The number of pyridine rings is 1. The molecule has 3 aromatic carbocycles. The first kappa shape index (κ1) is 17.3. The second kappa shape index (κ2) is 6.38. The maximum absolute atomic E-state index is 14.3. The molecule has 0 bridgehead atoms. The third-order valence-corrected chi connectivity index (χ3v) is 5.04. The van der Waals surface area contributed by atoms with Gasteiger partial charge in [-0.1, -0.05) is 18.2 Å². The number of anilines is 2. The second-order valence-electron chi connectivity index (χ2n) is 6.72. The molecule has 1 N–H and O–H groups in total. The summed E-state index contributed by atoms with van der Waals surface area (Å²) >= 11 is 0. The lowest BCUT2D eigenvalue weighted by molar-refractivity contribution is 0.104. The van der Waals surface area contributed by atoms with E-state index >= 15 is 0 Å². The predicted octanol–water partition coefficient (Wildman–Crippen LogP) is 5.48. The van der Waals surface area contributed by atoms with Crippen LogP contribution < -0.4 is 10.1 Å². The average Bonchev–Trinajstić information content (AvgIpc) is 3.03. The number of halogens is 2. The fraction of sp³-hybridized carbons (Fsp3) is 0.0435. The van der Waals surface area contributed by atoms with Gasteiger partial charge in [0.25, 0.3) is 0 Å². The molecule has 1 heterocycles. The van der Waals surface area contributed by atoms with E-state index in [1.807, 2.05) is 18.2 Å². The number of nitrogens with zero attached hydrogens (tertiary/aromatic N) is 1. The first-order chi connectivity index (χ1) is 14.1. The summed E-state index contributed by atoms with van der Waals surface area (Å²) in [6.07, 6.45) is 0. The zero-order valence-electron chi connectivity index (χ0n) is 15.3. The van der Waals surface area contributed by atoms with Crippen molar-refractivity contribution in [3.05, 3.63) is 83.4 Å². The molecule has 142 valence electrons. The lowest BCUT2D eigenvalue weighted by Gasteiger charge is -2.14. The van der Waals surface area contributed by atoms with Gasteiger partial charge in [-0.2, -0.15) is 0 Å². The zero-order valence-corrected chi connectivity index (χ0v) is 15.3. The predicted molar refractivity (Wildman–Crippen MR) is 107 cm³/mol. The van der Waals surface area contributed by atoms with Crippen LogP contribution >= 0.6 is 0 Å². The van der Waals surface area contributed by atoms with Crippen LogP contribution in [0.15, 0.2) is 60.7 Å². The monoisotopic (exact) mass is 388 g/mol. The number of ether oxygens (including phenoxy) is 1. The van der Waals surface area contributed by atoms with Crippen LogP contribution in [0.4, 0.5) is 20.3 Å². The SMILES string of the molecule is COc1ccc2c(c1)C(=O)c1c-2c(Nc2ccc(F)cc2F)nc2ccccc12. The number of carbonyl (C=O) groups is 1. The van der Waals surface area contributed by atoms with Crippen molar-refractivity contribution in [2.75, 3.05) is 12.4 Å². The number of hydrogen-bond donors (Lipinski definition) is 1. The molecule has 4 aromatic rings. The normalized spacial score (nSPS) is 12.0. The van der Waals surface area contributed by atoms with E-state index in [-0.39, 0.29) is 11.5 Å². The summed E-state index contributed by atoms with van der Waals surface area (Å²) in [5.41, 5.74) is 2.96. The maximum atomic E-state index is 14.3. The van der Waals surface area contributed by atoms with E-state index < -0.39 is 11.6 Å². The van der Waals surface area contributed by atoms with Crippen LogP contribution in [0.5, 0.6) is 5.75 Å². The lowest BCUT2D eigenvalue weighted by atomic mass is 10.0. The number of rotatable bonds is 3. The van der Waals surface area contributed by atoms with Crippen molar-refractivity contribution in [3.8, 4) is 16.9 Å². The van der Waals surface area contributed by atoms with Gasteiger partial charge in [-0.05, 0) is 42.0 Å². The Hall–Kier alpha value is -3.80. The molecule has 1 aliphatic carbocycles. The smallest absolute Gasteiger partial charge is 0.195 e. The van der Waals surface area contributed by atoms with Crippen molar-refractivity contribution in [2.24, 2.45) is 0 Å². The molecule has 0 radical (unpaired) electrons. The van der Waals surface area contributed by atoms with Crippen molar-refractivity contribution in [3.63, 3.8) is 0 Å². The Bertz CT molecular complexity index is 1320. The van der Waals surface area contributed by atoms with Crippen molar-refractivity contribution in [1.29, 1.82) is 0 Å². The zero-order chi connectivity index (χ0) is 20.1. The Balaban J connectivity index is 1.78. The molecule has 5 rings (SSSR count). The molecule has 6 heteroatoms. The van der Waals surface area contributed by atoms with Crippen LogP contribution in [0.25, 0.3) is 22.0 Å². The molecule has 0 fully saturated rings. The average molecular weight is 388 g/mol. The molecule has 0 aliphatic heterocycles. The number of benzene rings is 3. The third kappa shape index (κ3) is 2.64. The number of ketones is 1. The number of methoxy groups -OCH3 is 1. The van der Waals surface area contributed by atoms with Gasteiger partial charge in [0.05, 0.1) is 18.3 Å². The summed E-state index contributed by atoms with van der Waals surface area (Å²) in [7, 11) is 1.54. The number of nitrogens with one attached hydrogen (secondary N) is 1. The Kier molecular flexibility index (Phi) is 3.81. The van der Waals surface area contributed by atoms with Gasteiger partial charge < -0.3 is 10.1 Å². The van der Waals surface area contributed by atoms with Crippen molar-refractivity contribution in [2.45, 2.75) is 0 Å². The van der Waals surface area contributed by atoms with Gasteiger partial charge in [-0.3, -0.25) is 4.79 Å². The number of hydrogen-bond acceptors (Lipinski definition) is 4. The Morgan fingerprint density at radius 1 is 0.931 bits per heavy atom. The van der Waals surface area contributed by atoms with Crippen LogP contribution in [0, 0.1) is 11.6 Å². The number of carbonyl (C=O) groups excluding carboxylic acids is 1. The molecule has 0 unspecified atom stereocenters. The highest BCUT2D eigenvalue weighted by Gasteiger charge is 2.32. The third-order valence-electron chi connectivity index (χ3n) is 5.04. The molecule has 0 saturated heterocycles. The number of para-hydroxylation sites is 1. The highest BCUT2D eigenvalue weighted by atomic mass is 19.1. The van der Waals surface area contributed by atoms with Crippen LogP contribution in [-0.2, 0) is 0 Å². The summed E-state index contributed by atoms with van der Waals surface area (Å²) in [6, 6.07) is 15.8. The van der Waals surface area contributed by atoms with Crippen molar-refractivity contribution < 1.29 is 18.3 Å². The van der Waals surface area contributed by atoms with Gasteiger partial charge in [-0.15, -0.1) is 0 Å². The first-order valence-corrected chi connectivity index (χ1v) is 8.95. The summed E-state index contributed by atoms with van der Waals surface area (Å²) in [5.74, 6) is -0.650. The summed E-state index contributed by atoms with van der Waals surface area (Å²) in [5, 5.41) is 3.66. The van der Waals surface area contributed by atoms with E-state index in [4.69, 9.17) is 4.74 Å². The van der Waals surface area contributed by atoms with E-state index in [1.165, 1.54) is 13.2 Å². The van der Waals surface area contributed by atoms with Crippen LogP contribution in [0.2, 0.25) is 0 Å². The Labute approximate surface area is 164 Å². The fourth-order valence-corrected chi connectivity index (χ4v) is 3.71. The highest BCUT2D eigenvalue weighted by Crippen LogP contribution is 2.45. The molecule has 0 saturated carbocycles. The fourth-order valence-electron chi connectivity index (χ4n) is 3.71. The van der Waals surface area contributed by atoms with Crippen molar-refractivity contribution in [1.82, 2.24) is 4.98 Å². The van der Waals surface area contributed by atoms with Gasteiger partial charge >= 0.3 is 0 Å². The molecular formula is C23H14F2N2O2. The van der Waals surface area contributed by atoms with Crippen LogP contribution in [0.1, 0.15) is 15.9 Å². The van der Waals surface area contributed by atoms with Crippen molar-refractivity contribution >= 4 is 28.2 Å². The Morgan fingerprint density at radius 2 is 1.76 bits per heavy atom. The minimum atomic E-state index is -0.743. The van der Waals surface area contributed by atoms with Crippen LogP contribution in [-0.4, -0.2) is 17.9 Å². The summed E-state index contributed by atoms with van der Waals surface area (Å²) in [6.45, 7) is 0. The molecule has 1 aromatic heterocycles. The molecular weight excluding hydrogens is 374 g/mol. The molecule has 0 amide bonds. The summed E-state index contributed by atoms with van der Waals surface area (Å²) < 4.78 is 32.8. The second-order valence-corrected chi connectivity index (χ2v) is 6.72. The highest BCUT2D eigenvalue weighted by molar-refractivity contribution is 6.28. The largest absolute Gasteiger partial charge is 0.497 e. The van der Waals surface area contributed by atoms with Gasteiger partial charge in [0, 0.05) is 28.1 Å². The molecule has 0 spiro atoms. The van der Waals surface area contributed by atoms with E-state index in [9.17, 15) is 13.6 Å². The van der Waals surface area contributed by atoms with Gasteiger partial charge in [0.2, 0.25) is 0 Å². The minimum absolute atomic E-state index is 0.0748. The Morgan fingerprint density at radius 3 is 2.55 bits per heavy atom. The number of fused-ring (bicyclic) bond motifs is 5. The van der Waals surface area contributed by atoms with E-state index in [1.54, 1.807) is 24.3 Å². The first-order valence-electron chi connectivity index (χ1n) is 8.95. The molecule has 4 nitrogen and oxygen atoms in total. The minimum Gasteiger partial charge on any atom is -0.497 e. The number of aromatic nitrogens is 1. The van der Waals surface area contributed by atoms with Crippen LogP contribution in [0.3, 0.4) is 0 Å².